The quantitative estimate of drug-likeness (QED) is 0.686. The summed E-state index contributed by atoms with van der Waals surface area (Å²) in [4.78, 5) is 22.3. The highest BCUT2D eigenvalue weighted by atomic mass is 16.6. The van der Waals surface area contributed by atoms with Crippen LogP contribution in [0.4, 0.5) is 5.69 Å². The molecule has 20 heavy (non-hydrogen) atoms. The highest BCUT2D eigenvalue weighted by Crippen LogP contribution is 2.17. The summed E-state index contributed by atoms with van der Waals surface area (Å²) in [6.45, 7) is 1.87. The van der Waals surface area contributed by atoms with E-state index in [2.05, 4.69) is 5.32 Å². The minimum Gasteiger partial charge on any atom is -0.344 e. The number of nitrogens with one attached hydrogen (secondary N) is 1. The van der Waals surface area contributed by atoms with E-state index in [1.165, 1.54) is 16.8 Å². The van der Waals surface area contributed by atoms with Crippen LogP contribution in [0.25, 0.3) is 0 Å². The van der Waals surface area contributed by atoms with E-state index in [1.807, 2.05) is 37.3 Å². The second-order valence-corrected chi connectivity index (χ2v) is 4.56. The molecule has 2 aromatic rings. The molecule has 0 bridgehead atoms. The lowest BCUT2D eigenvalue weighted by Crippen LogP contribution is -2.28. The van der Waals surface area contributed by atoms with E-state index >= 15 is 0 Å². The number of amides is 1. The zero-order chi connectivity index (χ0) is 14.7. The van der Waals surface area contributed by atoms with Crippen molar-refractivity contribution in [2.45, 2.75) is 13.0 Å². The van der Waals surface area contributed by atoms with Crippen molar-refractivity contribution in [3.05, 3.63) is 64.0 Å². The SMILES string of the molecule is CC(NC(=O)c1cc([N+](=O)[O-])cn1C)c1ccccc1. The molecule has 104 valence electrons. The van der Waals surface area contributed by atoms with Crippen molar-refractivity contribution in [1.82, 2.24) is 9.88 Å². The minimum absolute atomic E-state index is 0.0926. The smallest absolute Gasteiger partial charge is 0.287 e. The molecular formula is C14H15N3O3. The van der Waals surface area contributed by atoms with Crippen molar-refractivity contribution in [3.63, 3.8) is 0 Å². The molecular weight excluding hydrogens is 258 g/mol. The Kier molecular flexibility index (Phi) is 3.84. The van der Waals surface area contributed by atoms with Crippen LogP contribution in [0, 0.1) is 10.1 Å². The first kappa shape index (κ1) is 13.8. The second kappa shape index (κ2) is 5.56. The summed E-state index contributed by atoms with van der Waals surface area (Å²) >= 11 is 0. The summed E-state index contributed by atoms with van der Waals surface area (Å²) in [5.74, 6) is -0.336. The van der Waals surface area contributed by atoms with E-state index in [0.717, 1.165) is 5.56 Å². The number of carbonyl (C=O) groups is 1. The maximum absolute atomic E-state index is 12.1. The van der Waals surface area contributed by atoms with Gasteiger partial charge in [-0.15, -0.1) is 0 Å². The topological polar surface area (TPSA) is 77.2 Å². The van der Waals surface area contributed by atoms with Gasteiger partial charge in [0, 0.05) is 13.1 Å². The highest BCUT2D eigenvalue weighted by molar-refractivity contribution is 5.93. The van der Waals surface area contributed by atoms with Crippen LogP contribution in [-0.4, -0.2) is 15.4 Å². The van der Waals surface area contributed by atoms with Gasteiger partial charge in [-0.25, -0.2) is 0 Å². The zero-order valence-corrected chi connectivity index (χ0v) is 11.2. The summed E-state index contributed by atoms with van der Waals surface area (Å²) in [5, 5.41) is 13.5. The van der Waals surface area contributed by atoms with Gasteiger partial charge in [-0.05, 0) is 12.5 Å². The first-order chi connectivity index (χ1) is 9.49. The standard InChI is InChI=1S/C14H15N3O3/c1-10(11-6-4-3-5-7-11)15-14(18)13-8-12(17(19)20)9-16(13)2/h3-10H,1-2H3,(H,15,18). The van der Waals surface area contributed by atoms with Crippen LogP contribution >= 0.6 is 0 Å². The third-order valence-electron chi connectivity index (χ3n) is 3.08. The van der Waals surface area contributed by atoms with Crippen molar-refractivity contribution >= 4 is 11.6 Å². The van der Waals surface area contributed by atoms with Crippen LogP contribution < -0.4 is 5.32 Å². The molecule has 0 saturated heterocycles. The largest absolute Gasteiger partial charge is 0.344 e. The molecule has 6 nitrogen and oxygen atoms in total. The summed E-state index contributed by atoms with van der Waals surface area (Å²) in [7, 11) is 1.61. The zero-order valence-electron chi connectivity index (χ0n) is 11.2. The van der Waals surface area contributed by atoms with Crippen LogP contribution in [0.5, 0.6) is 0 Å². The summed E-state index contributed by atoms with van der Waals surface area (Å²) in [6, 6.07) is 10.6. The molecule has 0 aliphatic rings. The van der Waals surface area contributed by atoms with Gasteiger partial charge in [0.25, 0.3) is 11.6 Å². The fourth-order valence-corrected chi connectivity index (χ4v) is 1.97. The van der Waals surface area contributed by atoms with Gasteiger partial charge in [-0.2, -0.15) is 0 Å². The predicted molar refractivity (Wildman–Crippen MR) is 74.4 cm³/mol. The number of aryl methyl sites for hydroxylation is 1. The lowest BCUT2D eigenvalue weighted by molar-refractivity contribution is -0.384. The van der Waals surface area contributed by atoms with E-state index in [9.17, 15) is 14.9 Å². The van der Waals surface area contributed by atoms with Crippen molar-refractivity contribution in [3.8, 4) is 0 Å². The molecule has 1 N–H and O–H groups in total. The Morgan fingerprint density at radius 2 is 2.00 bits per heavy atom. The number of rotatable bonds is 4. The number of hydrogen-bond acceptors (Lipinski definition) is 3. The Morgan fingerprint density at radius 1 is 1.35 bits per heavy atom. The average molecular weight is 273 g/mol. The van der Waals surface area contributed by atoms with E-state index in [1.54, 1.807) is 7.05 Å². The molecule has 1 aromatic heterocycles. The fraction of sp³-hybridized carbons (Fsp3) is 0.214. The maximum atomic E-state index is 12.1. The Bertz CT molecular complexity index is 634. The molecule has 0 aliphatic carbocycles. The predicted octanol–water partition coefficient (Wildman–Crippen LogP) is 2.42. The molecule has 1 amide bonds. The molecule has 0 spiro atoms. The van der Waals surface area contributed by atoms with Gasteiger partial charge in [0.1, 0.15) is 5.69 Å². The number of aromatic nitrogens is 1. The summed E-state index contributed by atoms with van der Waals surface area (Å²) in [6.07, 6.45) is 1.32. The Hall–Kier alpha value is -2.63. The maximum Gasteiger partial charge on any atom is 0.287 e. The van der Waals surface area contributed by atoms with Crippen LogP contribution in [0.3, 0.4) is 0 Å². The van der Waals surface area contributed by atoms with Gasteiger partial charge < -0.3 is 9.88 Å². The first-order valence-electron chi connectivity index (χ1n) is 6.15. The van der Waals surface area contributed by atoms with E-state index in [4.69, 9.17) is 0 Å². The molecule has 6 heteroatoms. The van der Waals surface area contributed by atoms with Gasteiger partial charge in [-0.1, -0.05) is 30.3 Å². The summed E-state index contributed by atoms with van der Waals surface area (Å²) in [5.41, 5.74) is 1.15. The van der Waals surface area contributed by atoms with Gasteiger partial charge in [0.15, 0.2) is 0 Å². The average Bonchev–Trinajstić information content (AvgIpc) is 2.82. The van der Waals surface area contributed by atoms with Crippen LogP contribution in [0.1, 0.15) is 29.0 Å². The monoisotopic (exact) mass is 273 g/mol. The molecule has 0 aliphatic heterocycles. The van der Waals surface area contributed by atoms with Gasteiger partial charge in [0.05, 0.1) is 17.2 Å². The molecule has 0 radical (unpaired) electrons. The molecule has 1 atom stereocenters. The van der Waals surface area contributed by atoms with Gasteiger partial charge in [0.2, 0.25) is 0 Å². The van der Waals surface area contributed by atoms with Crippen LogP contribution in [0.2, 0.25) is 0 Å². The number of nitro groups is 1. The Labute approximate surface area is 116 Å². The Morgan fingerprint density at radius 3 is 2.55 bits per heavy atom. The lowest BCUT2D eigenvalue weighted by Gasteiger charge is -2.14. The Balaban J connectivity index is 2.14. The molecule has 1 aromatic carbocycles. The number of carbonyl (C=O) groups excluding carboxylic acids is 1. The normalized spacial score (nSPS) is 11.9. The summed E-state index contributed by atoms with van der Waals surface area (Å²) < 4.78 is 1.45. The third kappa shape index (κ3) is 2.85. The molecule has 1 unspecified atom stereocenters. The third-order valence-corrected chi connectivity index (χ3v) is 3.08. The molecule has 2 rings (SSSR count). The molecule has 0 saturated carbocycles. The fourth-order valence-electron chi connectivity index (χ4n) is 1.97. The lowest BCUT2D eigenvalue weighted by atomic mass is 10.1. The van der Waals surface area contributed by atoms with E-state index in [-0.39, 0.29) is 23.3 Å². The van der Waals surface area contributed by atoms with Crippen molar-refractivity contribution < 1.29 is 9.72 Å². The van der Waals surface area contributed by atoms with Gasteiger partial charge in [-0.3, -0.25) is 14.9 Å². The van der Waals surface area contributed by atoms with Crippen LogP contribution in [-0.2, 0) is 7.05 Å². The second-order valence-electron chi connectivity index (χ2n) is 4.56. The van der Waals surface area contributed by atoms with Crippen LogP contribution in [0.15, 0.2) is 42.6 Å². The molecule has 1 heterocycles. The van der Waals surface area contributed by atoms with E-state index in [0.29, 0.717) is 0 Å². The number of benzene rings is 1. The minimum atomic E-state index is -0.516. The van der Waals surface area contributed by atoms with Crippen molar-refractivity contribution in [1.29, 1.82) is 0 Å². The van der Waals surface area contributed by atoms with Gasteiger partial charge >= 0.3 is 0 Å². The van der Waals surface area contributed by atoms with Crippen molar-refractivity contribution in [2.75, 3.05) is 0 Å². The highest BCUT2D eigenvalue weighted by Gasteiger charge is 2.19. The van der Waals surface area contributed by atoms with E-state index < -0.39 is 4.92 Å². The first-order valence-corrected chi connectivity index (χ1v) is 6.15. The number of hydrogen-bond donors (Lipinski definition) is 1. The number of nitrogens with zero attached hydrogens (tertiary/aromatic N) is 2. The molecule has 0 fully saturated rings. The van der Waals surface area contributed by atoms with Crippen molar-refractivity contribution in [2.24, 2.45) is 7.05 Å².